The van der Waals surface area contributed by atoms with Crippen LogP contribution in [0.3, 0.4) is 0 Å². The Labute approximate surface area is 195 Å². The van der Waals surface area contributed by atoms with E-state index in [-0.39, 0.29) is 30.6 Å². The number of halogens is 1. The fraction of sp³-hybridized carbons (Fsp3) is 0.304. The van der Waals surface area contributed by atoms with E-state index in [1.165, 1.54) is 11.3 Å². The van der Waals surface area contributed by atoms with Gasteiger partial charge in [0.05, 0.1) is 15.9 Å². The summed E-state index contributed by atoms with van der Waals surface area (Å²) in [5, 5.41) is 1.21. The van der Waals surface area contributed by atoms with Crippen LogP contribution in [0.1, 0.15) is 28.8 Å². The first-order chi connectivity index (χ1) is 15.2. The molecule has 1 aromatic heterocycles. The highest BCUT2D eigenvalue weighted by molar-refractivity contribution is 7.22. The van der Waals surface area contributed by atoms with Crippen molar-refractivity contribution in [2.75, 3.05) is 37.0 Å². The van der Waals surface area contributed by atoms with E-state index < -0.39 is 0 Å². The molecule has 1 aliphatic rings. The number of thiazole rings is 1. The van der Waals surface area contributed by atoms with Gasteiger partial charge in [-0.15, -0.1) is 0 Å². The molecule has 166 valence electrons. The molecule has 4 rings (SSSR count). The Morgan fingerprint density at radius 2 is 1.84 bits per heavy atom. The van der Waals surface area contributed by atoms with Crippen LogP contribution in [0.25, 0.3) is 10.2 Å². The van der Waals surface area contributed by atoms with E-state index in [0.717, 1.165) is 20.7 Å². The fourth-order valence-electron chi connectivity index (χ4n) is 3.64. The molecule has 0 N–H and O–H groups in total. The molecule has 0 bridgehead atoms. The number of fused-ring (bicyclic) bond motifs is 1. The number of amides is 3. The average Bonchev–Trinajstić information content (AvgIpc) is 3.31. The molecule has 1 saturated heterocycles. The highest BCUT2D eigenvalue weighted by Crippen LogP contribution is 2.34. The quantitative estimate of drug-likeness (QED) is 0.506. The van der Waals surface area contributed by atoms with Crippen molar-refractivity contribution < 1.29 is 14.4 Å². The van der Waals surface area contributed by atoms with E-state index >= 15 is 0 Å². The number of aromatic nitrogens is 1. The van der Waals surface area contributed by atoms with Crippen LogP contribution >= 0.6 is 22.9 Å². The molecule has 0 atom stereocenters. The van der Waals surface area contributed by atoms with E-state index in [0.29, 0.717) is 34.5 Å². The number of nitrogens with zero attached hydrogens (tertiary/aromatic N) is 4. The summed E-state index contributed by atoms with van der Waals surface area (Å²) in [5.74, 6) is -0.735. The van der Waals surface area contributed by atoms with Gasteiger partial charge in [-0.3, -0.25) is 24.2 Å². The first-order valence-corrected chi connectivity index (χ1v) is 11.4. The molecule has 3 aromatic rings. The minimum absolute atomic E-state index is 0.194. The third-order valence-corrected chi connectivity index (χ3v) is 6.53. The number of hydrogen-bond donors (Lipinski definition) is 0. The molecule has 9 heteroatoms. The molecule has 2 heterocycles. The van der Waals surface area contributed by atoms with E-state index in [1.54, 1.807) is 29.2 Å². The van der Waals surface area contributed by atoms with Crippen molar-refractivity contribution in [1.29, 1.82) is 0 Å². The SMILES string of the molecule is Cc1cc(Cl)cc2sc(N(CCN(C)C)C(=O)c3cccc(N4C(=O)CCC4=O)c3)nc12. The van der Waals surface area contributed by atoms with Crippen LogP contribution in [-0.2, 0) is 9.59 Å². The lowest BCUT2D eigenvalue weighted by Gasteiger charge is -2.23. The maximum Gasteiger partial charge on any atom is 0.260 e. The Bertz CT molecular complexity index is 1210. The van der Waals surface area contributed by atoms with Crippen molar-refractivity contribution in [3.05, 3.63) is 52.5 Å². The van der Waals surface area contributed by atoms with Gasteiger partial charge in [0.25, 0.3) is 5.91 Å². The first kappa shape index (κ1) is 22.4. The third kappa shape index (κ3) is 4.39. The summed E-state index contributed by atoms with van der Waals surface area (Å²) < 4.78 is 0.912. The molecule has 0 saturated carbocycles. The lowest BCUT2D eigenvalue weighted by molar-refractivity contribution is -0.121. The van der Waals surface area contributed by atoms with E-state index in [4.69, 9.17) is 16.6 Å². The lowest BCUT2D eigenvalue weighted by Crippen LogP contribution is -2.37. The zero-order valence-corrected chi connectivity index (χ0v) is 19.7. The topological polar surface area (TPSA) is 73.8 Å². The zero-order chi connectivity index (χ0) is 23.0. The van der Waals surface area contributed by atoms with Gasteiger partial charge in [-0.2, -0.15) is 0 Å². The summed E-state index contributed by atoms with van der Waals surface area (Å²) in [4.78, 5) is 47.4. The van der Waals surface area contributed by atoms with Crippen LogP contribution in [0.5, 0.6) is 0 Å². The Kier molecular flexibility index (Phi) is 6.28. The predicted octanol–water partition coefficient (Wildman–Crippen LogP) is 4.12. The summed E-state index contributed by atoms with van der Waals surface area (Å²) in [7, 11) is 3.88. The number of rotatable bonds is 6. The molecule has 2 aromatic carbocycles. The van der Waals surface area contributed by atoms with E-state index in [2.05, 4.69) is 0 Å². The Hall–Kier alpha value is -2.81. The Morgan fingerprint density at radius 1 is 1.12 bits per heavy atom. The second kappa shape index (κ2) is 8.97. The average molecular weight is 471 g/mol. The van der Waals surface area contributed by atoms with Crippen LogP contribution in [-0.4, -0.2) is 54.8 Å². The number of aryl methyl sites for hydroxylation is 1. The molecular weight excluding hydrogens is 448 g/mol. The number of anilines is 2. The minimum atomic E-state index is -0.248. The number of hydrogen-bond acceptors (Lipinski definition) is 6. The summed E-state index contributed by atoms with van der Waals surface area (Å²) in [6, 6.07) is 10.4. The van der Waals surface area contributed by atoms with Crippen molar-refractivity contribution >= 4 is 61.7 Å². The van der Waals surface area contributed by atoms with Gasteiger partial charge in [-0.1, -0.05) is 29.0 Å². The molecule has 7 nitrogen and oxygen atoms in total. The van der Waals surface area contributed by atoms with Crippen LogP contribution < -0.4 is 9.80 Å². The predicted molar refractivity (Wildman–Crippen MR) is 128 cm³/mol. The summed E-state index contributed by atoms with van der Waals surface area (Å²) in [6.45, 7) is 3.02. The normalized spacial score (nSPS) is 14.1. The maximum absolute atomic E-state index is 13.6. The van der Waals surface area contributed by atoms with Crippen LogP contribution in [0.15, 0.2) is 36.4 Å². The van der Waals surface area contributed by atoms with Crippen molar-refractivity contribution in [3.8, 4) is 0 Å². The van der Waals surface area contributed by atoms with Gasteiger partial charge in [0.15, 0.2) is 5.13 Å². The molecule has 1 aliphatic heterocycles. The van der Waals surface area contributed by atoms with Gasteiger partial charge in [0, 0.05) is 36.5 Å². The minimum Gasteiger partial charge on any atom is -0.308 e. The van der Waals surface area contributed by atoms with Crippen LogP contribution in [0, 0.1) is 6.92 Å². The monoisotopic (exact) mass is 470 g/mol. The molecule has 3 amide bonds. The first-order valence-electron chi connectivity index (χ1n) is 10.2. The Balaban J connectivity index is 1.72. The summed E-state index contributed by atoms with van der Waals surface area (Å²) >= 11 is 7.62. The van der Waals surface area contributed by atoms with Crippen molar-refractivity contribution in [1.82, 2.24) is 9.88 Å². The van der Waals surface area contributed by atoms with E-state index in [1.807, 2.05) is 38.1 Å². The van der Waals surface area contributed by atoms with Gasteiger partial charge in [-0.25, -0.2) is 4.98 Å². The van der Waals surface area contributed by atoms with Gasteiger partial charge in [0.2, 0.25) is 11.8 Å². The largest absolute Gasteiger partial charge is 0.308 e. The second-order valence-electron chi connectivity index (χ2n) is 8.00. The van der Waals surface area contributed by atoms with Gasteiger partial charge in [-0.05, 0) is 56.9 Å². The van der Waals surface area contributed by atoms with Crippen molar-refractivity contribution in [3.63, 3.8) is 0 Å². The molecule has 0 aliphatic carbocycles. The van der Waals surface area contributed by atoms with Gasteiger partial charge in [0.1, 0.15) is 0 Å². The number of carbonyl (C=O) groups excluding carboxylic acids is 3. The Morgan fingerprint density at radius 3 is 2.53 bits per heavy atom. The van der Waals surface area contributed by atoms with Gasteiger partial charge < -0.3 is 4.90 Å². The van der Waals surface area contributed by atoms with Crippen LogP contribution in [0.4, 0.5) is 10.8 Å². The third-order valence-electron chi connectivity index (χ3n) is 5.29. The van der Waals surface area contributed by atoms with Crippen molar-refractivity contribution in [2.24, 2.45) is 0 Å². The molecular formula is C23H23ClN4O3S. The molecule has 0 unspecified atom stereocenters. The summed E-state index contributed by atoms with van der Waals surface area (Å²) in [6.07, 6.45) is 0.388. The van der Waals surface area contributed by atoms with Crippen molar-refractivity contribution in [2.45, 2.75) is 19.8 Å². The number of likely N-dealkylation sites (N-methyl/N-ethyl adjacent to an activating group) is 1. The molecule has 0 radical (unpaired) electrons. The standard InChI is InChI=1S/C23H23ClN4O3S/c1-14-11-16(24)13-18-21(14)25-23(32-18)27(10-9-26(2)3)22(31)15-5-4-6-17(12-15)28-19(29)7-8-20(28)30/h4-6,11-13H,7-10H2,1-3H3. The molecule has 32 heavy (non-hydrogen) atoms. The molecule has 1 fully saturated rings. The van der Waals surface area contributed by atoms with Crippen LogP contribution in [0.2, 0.25) is 5.02 Å². The summed E-state index contributed by atoms with van der Waals surface area (Å²) in [5.41, 5.74) is 2.58. The number of imide groups is 1. The van der Waals surface area contributed by atoms with Gasteiger partial charge >= 0.3 is 0 Å². The lowest BCUT2D eigenvalue weighted by atomic mass is 10.1. The fourth-order valence-corrected chi connectivity index (χ4v) is 5.09. The highest BCUT2D eigenvalue weighted by atomic mass is 35.5. The van der Waals surface area contributed by atoms with E-state index in [9.17, 15) is 14.4 Å². The number of benzene rings is 2. The highest BCUT2D eigenvalue weighted by Gasteiger charge is 2.31. The maximum atomic E-state index is 13.6. The second-order valence-corrected chi connectivity index (χ2v) is 9.44. The number of carbonyl (C=O) groups is 3. The zero-order valence-electron chi connectivity index (χ0n) is 18.1. The molecule has 0 spiro atoms. The smallest absolute Gasteiger partial charge is 0.260 e.